The Kier molecular flexibility index (Phi) is 8.33. The summed E-state index contributed by atoms with van der Waals surface area (Å²) < 4.78 is 25.2. The van der Waals surface area contributed by atoms with Gasteiger partial charge in [-0.25, -0.2) is 12.7 Å². The molecule has 1 rings (SSSR count). The third-order valence-electron chi connectivity index (χ3n) is 4.33. The van der Waals surface area contributed by atoms with Gasteiger partial charge >= 0.3 is 0 Å². The monoisotopic (exact) mass is 355 g/mol. The Bertz CT molecular complexity index is 460. The summed E-state index contributed by atoms with van der Waals surface area (Å²) in [6, 6.07) is -0.0193. The van der Waals surface area contributed by atoms with Crippen molar-refractivity contribution in [1.29, 1.82) is 0 Å². The van der Waals surface area contributed by atoms with E-state index < -0.39 is 15.6 Å². The first kappa shape index (κ1) is 21.6. The van der Waals surface area contributed by atoms with E-state index in [2.05, 4.69) is 0 Å². The number of carbonyl (C=O) groups is 1. The first-order valence-corrected chi connectivity index (χ1v) is 9.30. The molecule has 1 saturated heterocycles. The lowest BCUT2D eigenvalue weighted by Gasteiger charge is -2.39. The molecule has 0 spiro atoms. The van der Waals surface area contributed by atoms with Crippen LogP contribution in [0.5, 0.6) is 0 Å². The van der Waals surface area contributed by atoms with Gasteiger partial charge in [-0.2, -0.15) is 0 Å². The highest BCUT2D eigenvalue weighted by Gasteiger charge is 2.35. The molecule has 1 unspecified atom stereocenters. The largest absolute Gasteiger partial charge is 0.341 e. The standard InChI is InChI=1S/C14H29N3O3S.ClH/c1-5-9-14(3,15)13(18)17-10-7-12(8-11-17)16(4)21(19,20)6-2;/h12H,5-11,15H2,1-4H3;1H. The molecule has 22 heavy (non-hydrogen) atoms. The molecule has 0 bridgehead atoms. The molecule has 1 heterocycles. The van der Waals surface area contributed by atoms with Gasteiger partial charge in [-0.15, -0.1) is 12.4 Å². The van der Waals surface area contributed by atoms with Crippen LogP contribution < -0.4 is 5.73 Å². The summed E-state index contributed by atoms with van der Waals surface area (Å²) in [5.41, 5.74) is 5.27. The summed E-state index contributed by atoms with van der Waals surface area (Å²) in [5.74, 6) is 0.0869. The van der Waals surface area contributed by atoms with Crippen molar-refractivity contribution in [3.05, 3.63) is 0 Å². The lowest BCUT2D eigenvalue weighted by Crippen LogP contribution is -2.56. The maximum atomic E-state index is 12.4. The van der Waals surface area contributed by atoms with Crippen LogP contribution in [-0.4, -0.2) is 61.0 Å². The van der Waals surface area contributed by atoms with E-state index >= 15 is 0 Å². The van der Waals surface area contributed by atoms with Crippen molar-refractivity contribution in [3.8, 4) is 0 Å². The molecular weight excluding hydrogens is 326 g/mol. The van der Waals surface area contributed by atoms with Crippen molar-refractivity contribution in [2.75, 3.05) is 25.9 Å². The van der Waals surface area contributed by atoms with Crippen LogP contribution in [0.2, 0.25) is 0 Å². The Hall–Kier alpha value is -0.370. The molecule has 0 aromatic rings. The van der Waals surface area contributed by atoms with E-state index in [-0.39, 0.29) is 30.1 Å². The Morgan fingerprint density at radius 2 is 1.82 bits per heavy atom. The number of nitrogens with zero attached hydrogens (tertiary/aromatic N) is 2. The average molecular weight is 356 g/mol. The fourth-order valence-corrected chi connectivity index (χ4v) is 3.92. The van der Waals surface area contributed by atoms with Crippen LogP contribution in [0.4, 0.5) is 0 Å². The van der Waals surface area contributed by atoms with Gasteiger partial charge in [-0.05, 0) is 33.1 Å². The Balaban J connectivity index is 0.00000441. The number of hydrogen-bond acceptors (Lipinski definition) is 4. The molecule has 0 aliphatic carbocycles. The van der Waals surface area contributed by atoms with E-state index in [4.69, 9.17) is 5.73 Å². The molecule has 2 N–H and O–H groups in total. The molecule has 6 nitrogen and oxygen atoms in total. The quantitative estimate of drug-likeness (QED) is 0.775. The van der Waals surface area contributed by atoms with Crippen molar-refractivity contribution in [3.63, 3.8) is 0 Å². The van der Waals surface area contributed by atoms with E-state index in [1.807, 2.05) is 6.92 Å². The molecule has 0 saturated carbocycles. The smallest absolute Gasteiger partial charge is 0.242 e. The number of amides is 1. The molecule has 0 aromatic heterocycles. The van der Waals surface area contributed by atoms with Gasteiger partial charge in [0.25, 0.3) is 0 Å². The zero-order chi connectivity index (χ0) is 16.3. The van der Waals surface area contributed by atoms with Crippen LogP contribution >= 0.6 is 12.4 Å². The summed E-state index contributed by atoms with van der Waals surface area (Å²) in [7, 11) is -1.54. The zero-order valence-electron chi connectivity index (χ0n) is 14.0. The Morgan fingerprint density at radius 1 is 1.32 bits per heavy atom. The zero-order valence-corrected chi connectivity index (χ0v) is 15.7. The Labute approximate surface area is 140 Å². The number of carbonyl (C=O) groups excluding carboxylic acids is 1. The van der Waals surface area contributed by atoms with E-state index in [9.17, 15) is 13.2 Å². The molecule has 1 atom stereocenters. The van der Waals surface area contributed by atoms with Crippen molar-refractivity contribution in [2.45, 2.75) is 58.0 Å². The predicted molar refractivity (Wildman–Crippen MR) is 91.6 cm³/mol. The molecular formula is C14H30ClN3O3S. The van der Waals surface area contributed by atoms with Crippen molar-refractivity contribution >= 4 is 28.3 Å². The number of nitrogens with two attached hydrogens (primary N) is 1. The van der Waals surface area contributed by atoms with E-state index in [1.54, 1.807) is 25.8 Å². The van der Waals surface area contributed by atoms with Crippen LogP contribution in [0, 0.1) is 0 Å². The topological polar surface area (TPSA) is 83.7 Å². The number of halogens is 1. The second-order valence-corrected chi connectivity index (χ2v) is 8.42. The average Bonchev–Trinajstić information content (AvgIpc) is 2.45. The number of likely N-dealkylation sites (tertiary alicyclic amines) is 1. The molecule has 8 heteroatoms. The van der Waals surface area contributed by atoms with Crippen LogP contribution in [-0.2, 0) is 14.8 Å². The first-order valence-electron chi connectivity index (χ1n) is 7.69. The highest BCUT2D eigenvalue weighted by atomic mass is 35.5. The first-order chi connectivity index (χ1) is 9.65. The minimum absolute atomic E-state index is 0. The second kappa shape index (κ2) is 8.47. The molecule has 1 fully saturated rings. The van der Waals surface area contributed by atoms with Crippen LogP contribution in [0.1, 0.15) is 46.5 Å². The molecule has 1 aliphatic heterocycles. The van der Waals surface area contributed by atoms with E-state index in [0.717, 1.165) is 6.42 Å². The number of rotatable bonds is 6. The van der Waals surface area contributed by atoms with Crippen LogP contribution in [0.25, 0.3) is 0 Å². The minimum Gasteiger partial charge on any atom is -0.341 e. The summed E-state index contributed by atoms with van der Waals surface area (Å²) in [6.07, 6.45) is 2.87. The van der Waals surface area contributed by atoms with Gasteiger partial charge in [0.1, 0.15) is 0 Å². The summed E-state index contributed by atoms with van der Waals surface area (Å²) in [6.45, 7) is 6.58. The summed E-state index contributed by atoms with van der Waals surface area (Å²) in [4.78, 5) is 14.2. The third kappa shape index (κ3) is 5.08. The minimum atomic E-state index is -3.17. The molecule has 132 valence electrons. The highest BCUT2D eigenvalue weighted by molar-refractivity contribution is 7.89. The molecule has 1 amide bonds. The van der Waals surface area contributed by atoms with Crippen LogP contribution in [0.15, 0.2) is 0 Å². The third-order valence-corrected chi connectivity index (χ3v) is 6.23. The maximum Gasteiger partial charge on any atom is 0.242 e. The van der Waals surface area contributed by atoms with Gasteiger partial charge in [-0.1, -0.05) is 13.3 Å². The van der Waals surface area contributed by atoms with Gasteiger partial charge in [0.2, 0.25) is 15.9 Å². The highest BCUT2D eigenvalue weighted by Crippen LogP contribution is 2.21. The molecule has 0 aromatic carbocycles. The maximum absolute atomic E-state index is 12.4. The SMILES string of the molecule is CCCC(C)(N)C(=O)N1CCC(N(C)S(=O)(=O)CC)CC1.Cl. The van der Waals surface area contributed by atoms with Gasteiger partial charge in [0, 0.05) is 26.2 Å². The molecule has 1 aliphatic rings. The van der Waals surface area contributed by atoms with E-state index in [0.29, 0.717) is 32.4 Å². The number of piperidine rings is 1. The predicted octanol–water partition coefficient (Wildman–Crippen LogP) is 1.20. The van der Waals surface area contributed by atoms with Gasteiger partial charge in [0.15, 0.2) is 0 Å². The fraction of sp³-hybridized carbons (Fsp3) is 0.929. The van der Waals surface area contributed by atoms with Gasteiger partial charge in [0.05, 0.1) is 11.3 Å². The van der Waals surface area contributed by atoms with Crippen molar-refractivity contribution in [1.82, 2.24) is 9.21 Å². The second-order valence-electron chi connectivity index (χ2n) is 6.11. The van der Waals surface area contributed by atoms with Gasteiger partial charge in [-0.3, -0.25) is 4.79 Å². The van der Waals surface area contributed by atoms with Crippen LogP contribution in [0.3, 0.4) is 0 Å². The summed E-state index contributed by atoms with van der Waals surface area (Å²) in [5, 5.41) is 0. The fourth-order valence-electron chi connectivity index (χ4n) is 2.85. The van der Waals surface area contributed by atoms with E-state index in [1.165, 1.54) is 4.31 Å². The lowest BCUT2D eigenvalue weighted by atomic mass is 9.94. The summed E-state index contributed by atoms with van der Waals surface area (Å²) >= 11 is 0. The Morgan fingerprint density at radius 3 is 2.23 bits per heavy atom. The van der Waals surface area contributed by atoms with Crippen molar-refractivity contribution < 1.29 is 13.2 Å². The lowest BCUT2D eigenvalue weighted by molar-refractivity contribution is -0.138. The molecule has 0 radical (unpaired) electrons. The van der Waals surface area contributed by atoms with Crippen molar-refractivity contribution in [2.24, 2.45) is 5.73 Å². The number of sulfonamides is 1. The number of hydrogen-bond donors (Lipinski definition) is 1. The van der Waals surface area contributed by atoms with Gasteiger partial charge < -0.3 is 10.6 Å². The normalized spacial score (nSPS) is 19.6.